The minimum absolute atomic E-state index is 0.0185. The molecule has 1 unspecified atom stereocenters. The average molecular weight is 380 g/mol. The minimum Gasteiger partial charge on any atom is -0.434 e. The number of ether oxygens (including phenoxy) is 1. The summed E-state index contributed by atoms with van der Waals surface area (Å²) in [7, 11) is 0. The maximum absolute atomic E-state index is 12.9. The van der Waals surface area contributed by atoms with Gasteiger partial charge >= 0.3 is 6.61 Å². The fourth-order valence-electron chi connectivity index (χ4n) is 2.48. The largest absolute Gasteiger partial charge is 0.434 e. The molecule has 0 aliphatic carbocycles. The highest BCUT2D eigenvalue weighted by Gasteiger charge is 2.19. The summed E-state index contributed by atoms with van der Waals surface area (Å²) < 4.78 is 42.4. The first-order chi connectivity index (χ1) is 12.9. The monoisotopic (exact) mass is 380 g/mol. The molecule has 2 amide bonds. The lowest BCUT2D eigenvalue weighted by Gasteiger charge is -2.20. The van der Waals surface area contributed by atoms with Crippen LogP contribution in [0.5, 0.6) is 5.75 Å². The first kappa shape index (κ1) is 20.3. The van der Waals surface area contributed by atoms with E-state index in [1.165, 1.54) is 18.2 Å². The molecule has 0 spiro atoms. The molecule has 0 aromatic heterocycles. The first-order valence-corrected chi connectivity index (χ1v) is 8.27. The van der Waals surface area contributed by atoms with Gasteiger partial charge in [0, 0.05) is 11.1 Å². The number of hydrogen-bond donors (Lipinski definition) is 2. The van der Waals surface area contributed by atoms with Crippen LogP contribution >= 0.6 is 0 Å². The number of benzene rings is 2. The average Bonchev–Trinajstić information content (AvgIpc) is 2.65. The van der Waals surface area contributed by atoms with E-state index in [0.29, 0.717) is 12.0 Å². The molecule has 2 aromatic carbocycles. The lowest BCUT2D eigenvalue weighted by molar-refractivity contribution is -0.120. The van der Waals surface area contributed by atoms with Gasteiger partial charge in [-0.15, -0.1) is 0 Å². The molecule has 8 heteroatoms. The van der Waals surface area contributed by atoms with Crippen LogP contribution in [0.3, 0.4) is 0 Å². The van der Waals surface area contributed by atoms with E-state index in [2.05, 4.69) is 15.4 Å². The summed E-state index contributed by atoms with van der Waals surface area (Å²) in [4.78, 5) is 24.1. The molecule has 0 fully saturated rings. The smallest absolute Gasteiger partial charge is 0.387 e. The number of nitrogens with one attached hydrogen (secondary N) is 2. The van der Waals surface area contributed by atoms with Crippen LogP contribution in [-0.4, -0.2) is 25.0 Å². The Morgan fingerprint density at radius 3 is 2.37 bits per heavy atom. The number of carbonyl (C=O) groups excluding carboxylic acids is 2. The number of rotatable bonds is 8. The molecule has 0 radical (unpaired) electrons. The molecule has 144 valence electrons. The highest BCUT2D eigenvalue weighted by atomic mass is 19.3. The molecule has 0 aliphatic rings. The summed E-state index contributed by atoms with van der Waals surface area (Å²) in [6.45, 7) is -1.51. The number of halogens is 3. The summed E-state index contributed by atoms with van der Waals surface area (Å²) in [5.74, 6) is -1.52. The van der Waals surface area contributed by atoms with E-state index in [1.54, 1.807) is 25.1 Å². The van der Waals surface area contributed by atoms with Gasteiger partial charge in [0.25, 0.3) is 5.91 Å². The van der Waals surface area contributed by atoms with Crippen molar-refractivity contribution in [3.63, 3.8) is 0 Å². The van der Waals surface area contributed by atoms with Crippen LogP contribution in [0.25, 0.3) is 0 Å². The van der Waals surface area contributed by atoms with Crippen LogP contribution in [0, 0.1) is 5.82 Å². The number of alkyl halides is 2. The number of para-hydroxylation sites is 1. The van der Waals surface area contributed by atoms with Crippen LogP contribution in [0.4, 0.5) is 13.2 Å². The second-order valence-electron chi connectivity index (χ2n) is 5.63. The van der Waals surface area contributed by atoms with E-state index < -0.39 is 30.3 Å². The van der Waals surface area contributed by atoms with E-state index in [4.69, 9.17) is 0 Å². The van der Waals surface area contributed by atoms with Crippen molar-refractivity contribution in [3.05, 3.63) is 65.5 Å². The fourth-order valence-corrected chi connectivity index (χ4v) is 2.48. The van der Waals surface area contributed by atoms with Gasteiger partial charge in [-0.25, -0.2) is 4.39 Å². The van der Waals surface area contributed by atoms with Crippen LogP contribution in [0.15, 0.2) is 48.5 Å². The molecule has 0 bridgehead atoms. The Bertz CT molecular complexity index is 782. The van der Waals surface area contributed by atoms with Crippen LogP contribution in [-0.2, 0) is 4.79 Å². The van der Waals surface area contributed by atoms with Crippen molar-refractivity contribution >= 4 is 11.8 Å². The zero-order chi connectivity index (χ0) is 19.8. The number of hydrogen-bond acceptors (Lipinski definition) is 3. The third-order valence-electron chi connectivity index (χ3n) is 3.77. The highest BCUT2D eigenvalue weighted by Crippen LogP contribution is 2.28. The van der Waals surface area contributed by atoms with E-state index in [0.717, 1.165) is 12.1 Å². The summed E-state index contributed by atoms with van der Waals surface area (Å²) in [6.07, 6.45) is 0.432. The topological polar surface area (TPSA) is 67.4 Å². The predicted molar refractivity (Wildman–Crippen MR) is 93.0 cm³/mol. The van der Waals surface area contributed by atoms with Gasteiger partial charge in [0.2, 0.25) is 5.91 Å². The van der Waals surface area contributed by atoms with Crippen LogP contribution in [0.2, 0.25) is 0 Å². The van der Waals surface area contributed by atoms with Crippen molar-refractivity contribution in [3.8, 4) is 5.75 Å². The maximum Gasteiger partial charge on any atom is 0.387 e. The first-order valence-electron chi connectivity index (χ1n) is 8.27. The number of carbonyl (C=O) groups is 2. The molecular formula is C19H19F3N2O3. The fraction of sp³-hybridized carbons (Fsp3) is 0.263. The molecule has 2 rings (SSSR count). The standard InChI is InChI=1S/C19H19F3N2O3/c1-2-15(14-5-3-4-6-16(14)27-19(21)22)24-17(25)11-23-18(26)12-7-9-13(20)10-8-12/h3-10,15,19H,2,11H2,1H3,(H,23,26)(H,24,25). The van der Waals surface area contributed by atoms with Gasteiger partial charge < -0.3 is 15.4 Å². The zero-order valence-electron chi connectivity index (χ0n) is 14.5. The van der Waals surface area contributed by atoms with Crippen LogP contribution < -0.4 is 15.4 Å². The van der Waals surface area contributed by atoms with Crippen molar-refractivity contribution in [1.82, 2.24) is 10.6 Å². The Kier molecular flexibility index (Phi) is 7.22. The quantitative estimate of drug-likeness (QED) is 0.737. The van der Waals surface area contributed by atoms with E-state index in [9.17, 15) is 22.8 Å². The second-order valence-corrected chi connectivity index (χ2v) is 5.63. The van der Waals surface area contributed by atoms with Crippen molar-refractivity contribution in [2.75, 3.05) is 6.54 Å². The summed E-state index contributed by atoms with van der Waals surface area (Å²) >= 11 is 0. The van der Waals surface area contributed by atoms with Crippen LogP contribution in [0.1, 0.15) is 35.3 Å². The summed E-state index contributed by atoms with van der Waals surface area (Å²) in [6, 6.07) is 10.5. The molecule has 2 aromatic rings. The van der Waals surface area contributed by atoms with Gasteiger partial charge in [-0.2, -0.15) is 8.78 Å². The van der Waals surface area contributed by atoms with Gasteiger partial charge in [0.15, 0.2) is 0 Å². The molecule has 0 heterocycles. The maximum atomic E-state index is 12.9. The highest BCUT2D eigenvalue weighted by molar-refractivity contribution is 5.96. The molecule has 27 heavy (non-hydrogen) atoms. The Hall–Kier alpha value is -3.03. The predicted octanol–water partition coefficient (Wildman–Crippen LogP) is 3.42. The normalized spacial score (nSPS) is 11.7. The molecule has 1 atom stereocenters. The van der Waals surface area contributed by atoms with E-state index in [-0.39, 0.29) is 17.9 Å². The molecule has 5 nitrogen and oxygen atoms in total. The molecular weight excluding hydrogens is 361 g/mol. The Morgan fingerprint density at radius 1 is 1.07 bits per heavy atom. The summed E-state index contributed by atoms with van der Waals surface area (Å²) in [5, 5.41) is 5.10. The molecule has 0 aliphatic heterocycles. The number of amides is 2. The Labute approximate surface area is 154 Å². The van der Waals surface area contributed by atoms with Crippen molar-refractivity contribution in [2.45, 2.75) is 26.0 Å². The lowest BCUT2D eigenvalue weighted by atomic mass is 10.0. The van der Waals surface area contributed by atoms with Gasteiger partial charge in [0.1, 0.15) is 11.6 Å². The molecule has 0 saturated carbocycles. The van der Waals surface area contributed by atoms with Gasteiger partial charge in [0.05, 0.1) is 12.6 Å². The zero-order valence-corrected chi connectivity index (χ0v) is 14.5. The Balaban J connectivity index is 1.97. The van der Waals surface area contributed by atoms with Crippen molar-refractivity contribution in [2.24, 2.45) is 0 Å². The van der Waals surface area contributed by atoms with Gasteiger partial charge in [-0.3, -0.25) is 9.59 Å². The van der Waals surface area contributed by atoms with Gasteiger partial charge in [-0.05, 0) is 36.8 Å². The molecule has 2 N–H and O–H groups in total. The third kappa shape index (κ3) is 6.02. The SMILES string of the molecule is CCC(NC(=O)CNC(=O)c1ccc(F)cc1)c1ccccc1OC(F)F. The molecule has 0 saturated heterocycles. The summed E-state index contributed by atoms with van der Waals surface area (Å²) in [5.41, 5.74) is 0.630. The lowest BCUT2D eigenvalue weighted by Crippen LogP contribution is -2.38. The Morgan fingerprint density at radius 2 is 1.74 bits per heavy atom. The minimum atomic E-state index is -2.98. The van der Waals surface area contributed by atoms with E-state index >= 15 is 0 Å². The third-order valence-corrected chi connectivity index (χ3v) is 3.77. The van der Waals surface area contributed by atoms with Gasteiger partial charge in [-0.1, -0.05) is 25.1 Å². The van der Waals surface area contributed by atoms with E-state index in [1.807, 2.05) is 0 Å². The second kappa shape index (κ2) is 9.61. The van der Waals surface area contributed by atoms with Crippen molar-refractivity contribution < 1.29 is 27.5 Å². The van der Waals surface area contributed by atoms with Crippen molar-refractivity contribution in [1.29, 1.82) is 0 Å².